The molecule has 32 heavy (non-hydrogen) atoms. The lowest BCUT2D eigenvalue weighted by Gasteiger charge is -2.43. The molecule has 0 spiro atoms. The zero-order valence-corrected chi connectivity index (χ0v) is 20.4. The van der Waals surface area contributed by atoms with E-state index in [4.69, 9.17) is 9.16 Å². The maximum atomic E-state index is 11.5. The van der Waals surface area contributed by atoms with Gasteiger partial charge in [0.2, 0.25) is 0 Å². The Morgan fingerprint density at radius 2 is 1.38 bits per heavy atom. The fourth-order valence-electron chi connectivity index (χ4n) is 4.03. The minimum atomic E-state index is -2.56. The van der Waals surface area contributed by atoms with E-state index in [0.717, 1.165) is 11.1 Å². The van der Waals surface area contributed by atoms with Crippen molar-refractivity contribution in [2.24, 2.45) is 0 Å². The van der Waals surface area contributed by atoms with Crippen molar-refractivity contribution >= 4 is 30.7 Å². The summed E-state index contributed by atoms with van der Waals surface area (Å²) >= 11 is 0. The zero-order chi connectivity index (χ0) is 23.0. The first kappa shape index (κ1) is 23.7. The summed E-state index contributed by atoms with van der Waals surface area (Å²) in [7, 11) is -2.56. The first-order valence-corrected chi connectivity index (χ1v) is 13.0. The van der Waals surface area contributed by atoms with Crippen LogP contribution in [0.25, 0.3) is 6.08 Å². The lowest BCUT2D eigenvalue weighted by Crippen LogP contribution is -2.66. The number of carbonyl (C=O) groups is 1. The van der Waals surface area contributed by atoms with E-state index in [2.05, 4.69) is 93.6 Å². The molecule has 3 rings (SSSR count). The van der Waals surface area contributed by atoms with Crippen molar-refractivity contribution in [1.29, 1.82) is 0 Å². The second-order valence-electron chi connectivity index (χ2n) is 8.78. The van der Waals surface area contributed by atoms with Crippen LogP contribution in [0.3, 0.4) is 0 Å². The molecule has 0 saturated heterocycles. The molecule has 0 heterocycles. The maximum Gasteiger partial charge on any atom is 0.330 e. The highest BCUT2D eigenvalue weighted by molar-refractivity contribution is 6.99. The van der Waals surface area contributed by atoms with E-state index in [1.807, 2.05) is 12.1 Å². The predicted octanol–water partition coefficient (Wildman–Crippen LogP) is 5.34. The summed E-state index contributed by atoms with van der Waals surface area (Å²) < 4.78 is 11.9. The summed E-state index contributed by atoms with van der Waals surface area (Å²) in [5.74, 6) is -0.327. The Morgan fingerprint density at radius 1 is 0.844 bits per heavy atom. The van der Waals surface area contributed by atoms with Crippen molar-refractivity contribution in [1.82, 2.24) is 0 Å². The lowest BCUT2D eigenvalue weighted by molar-refractivity contribution is -0.137. The first-order chi connectivity index (χ1) is 15.4. The van der Waals surface area contributed by atoms with Crippen molar-refractivity contribution in [3.8, 4) is 0 Å². The van der Waals surface area contributed by atoms with Crippen LogP contribution >= 0.6 is 0 Å². The van der Waals surface area contributed by atoms with Crippen molar-refractivity contribution in [3.63, 3.8) is 0 Å². The summed E-state index contributed by atoms with van der Waals surface area (Å²) in [6.45, 7) is 9.54. The van der Waals surface area contributed by atoms with E-state index < -0.39 is 8.32 Å². The van der Waals surface area contributed by atoms with E-state index >= 15 is 0 Å². The van der Waals surface area contributed by atoms with Crippen LogP contribution in [0.4, 0.5) is 0 Å². The molecule has 0 amide bonds. The molecule has 0 aliphatic carbocycles. The van der Waals surface area contributed by atoms with Gasteiger partial charge in [0.25, 0.3) is 8.32 Å². The van der Waals surface area contributed by atoms with E-state index in [9.17, 15) is 4.79 Å². The maximum absolute atomic E-state index is 11.5. The molecular formula is C28H32O3Si. The van der Waals surface area contributed by atoms with E-state index in [-0.39, 0.29) is 11.0 Å². The monoisotopic (exact) mass is 444 g/mol. The van der Waals surface area contributed by atoms with Gasteiger partial charge in [-0.1, -0.05) is 106 Å². The molecule has 0 bridgehead atoms. The highest BCUT2D eigenvalue weighted by atomic mass is 28.4. The third kappa shape index (κ3) is 5.45. The number of hydrogen-bond donors (Lipinski definition) is 0. The number of esters is 1. The van der Waals surface area contributed by atoms with Crippen LogP contribution in [0.15, 0.2) is 91.0 Å². The average Bonchev–Trinajstić information content (AvgIpc) is 2.80. The van der Waals surface area contributed by atoms with Crippen LogP contribution in [-0.4, -0.2) is 20.9 Å². The van der Waals surface area contributed by atoms with E-state index in [1.165, 1.54) is 16.4 Å². The smallest absolute Gasteiger partial charge is 0.330 e. The Balaban J connectivity index is 1.89. The van der Waals surface area contributed by atoms with Gasteiger partial charge in [-0.3, -0.25) is 0 Å². The van der Waals surface area contributed by atoms with Crippen LogP contribution < -0.4 is 10.4 Å². The molecule has 0 aliphatic heterocycles. The molecule has 0 unspecified atom stereocenters. The second-order valence-corrected chi connectivity index (χ2v) is 13.1. The Bertz CT molecular complexity index is 980. The van der Waals surface area contributed by atoms with Crippen LogP contribution in [0, 0.1) is 0 Å². The predicted molar refractivity (Wildman–Crippen MR) is 135 cm³/mol. The van der Waals surface area contributed by atoms with Gasteiger partial charge in [-0.25, -0.2) is 4.79 Å². The van der Waals surface area contributed by atoms with Crippen LogP contribution in [0.2, 0.25) is 5.04 Å². The standard InChI is InChI=1S/C28H32O3Si/c1-5-30-27(29)21-20-23-16-18-24(19-17-23)22-31-32(28(2,3)4,25-12-8-6-9-13-25)26-14-10-7-11-15-26/h6-21H,5,22H2,1-4H3. The molecule has 0 radical (unpaired) electrons. The number of ether oxygens (including phenoxy) is 1. The summed E-state index contributed by atoms with van der Waals surface area (Å²) in [5, 5.41) is 2.48. The quantitative estimate of drug-likeness (QED) is 0.267. The Kier molecular flexibility index (Phi) is 7.83. The van der Waals surface area contributed by atoms with Crippen molar-refractivity contribution in [3.05, 3.63) is 102 Å². The molecule has 0 aromatic heterocycles. The molecule has 3 aromatic carbocycles. The number of hydrogen-bond acceptors (Lipinski definition) is 3. The summed E-state index contributed by atoms with van der Waals surface area (Å²) in [5.41, 5.74) is 2.05. The van der Waals surface area contributed by atoms with Gasteiger partial charge in [0.15, 0.2) is 0 Å². The van der Waals surface area contributed by atoms with Gasteiger partial charge in [0.1, 0.15) is 0 Å². The third-order valence-corrected chi connectivity index (χ3v) is 10.5. The highest BCUT2D eigenvalue weighted by Gasteiger charge is 2.50. The third-order valence-electron chi connectivity index (χ3n) is 5.55. The Labute approximate surface area is 192 Å². The highest BCUT2D eigenvalue weighted by Crippen LogP contribution is 2.37. The lowest BCUT2D eigenvalue weighted by atomic mass is 10.1. The van der Waals surface area contributed by atoms with Crippen LogP contribution in [0.1, 0.15) is 38.8 Å². The Hall–Kier alpha value is -2.95. The van der Waals surface area contributed by atoms with Crippen molar-refractivity contribution < 1.29 is 14.0 Å². The summed E-state index contributed by atoms with van der Waals surface area (Å²) in [4.78, 5) is 11.5. The molecular weight excluding hydrogens is 412 g/mol. The molecule has 0 fully saturated rings. The van der Waals surface area contributed by atoms with Gasteiger partial charge >= 0.3 is 5.97 Å². The van der Waals surface area contributed by atoms with Crippen molar-refractivity contribution in [2.75, 3.05) is 6.61 Å². The van der Waals surface area contributed by atoms with Crippen molar-refractivity contribution in [2.45, 2.75) is 39.3 Å². The molecule has 166 valence electrons. The fraction of sp³-hybridized carbons (Fsp3) is 0.250. The van der Waals surface area contributed by atoms with E-state index in [1.54, 1.807) is 13.0 Å². The normalized spacial score (nSPS) is 12.1. The SMILES string of the molecule is CCOC(=O)C=Cc1ccc(CO[Si](c2ccccc2)(c2ccccc2)C(C)(C)C)cc1. The summed E-state index contributed by atoms with van der Waals surface area (Å²) in [6, 6.07) is 29.4. The van der Waals surface area contributed by atoms with Gasteiger partial charge in [-0.2, -0.15) is 0 Å². The Morgan fingerprint density at radius 3 is 1.84 bits per heavy atom. The number of benzene rings is 3. The molecule has 0 aliphatic rings. The molecule has 0 N–H and O–H groups in total. The largest absolute Gasteiger partial charge is 0.463 e. The van der Waals surface area contributed by atoms with Gasteiger partial charge in [-0.05, 0) is 39.5 Å². The minimum Gasteiger partial charge on any atom is -0.463 e. The van der Waals surface area contributed by atoms with Gasteiger partial charge in [-0.15, -0.1) is 0 Å². The van der Waals surface area contributed by atoms with Gasteiger partial charge in [0, 0.05) is 6.08 Å². The van der Waals surface area contributed by atoms with Crippen LogP contribution in [-0.2, 0) is 20.6 Å². The molecule has 0 saturated carbocycles. The molecule has 0 atom stereocenters. The summed E-state index contributed by atoms with van der Waals surface area (Å²) in [6.07, 6.45) is 3.22. The van der Waals surface area contributed by atoms with Gasteiger partial charge < -0.3 is 9.16 Å². The molecule has 3 aromatic rings. The van der Waals surface area contributed by atoms with Gasteiger partial charge in [0.05, 0.1) is 13.2 Å². The minimum absolute atomic E-state index is 0.0575. The number of rotatable bonds is 8. The van der Waals surface area contributed by atoms with Crippen LogP contribution in [0.5, 0.6) is 0 Å². The molecule has 4 heteroatoms. The molecule has 3 nitrogen and oxygen atoms in total. The number of carbonyl (C=O) groups excluding carboxylic acids is 1. The topological polar surface area (TPSA) is 35.5 Å². The van der Waals surface area contributed by atoms with E-state index in [0.29, 0.717) is 13.2 Å². The fourth-order valence-corrected chi connectivity index (χ4v) is 8.57. The average molecular weight is 445 g/mol. The first-order valence-electron chi connectivity index (χ1n) is 11.1. The zero-order valence-electron chi connectivity index (χ0n) is 19.4. The second kappa shape index (κ2) is 10.6.